The third kappa shape index (κ3) is 4.19. The van der Waals surface area contributed by atoms with Gasteiger partial charge in [-0.15, -0.1) is 0 Å². The first-order valence-corrected chi connectivity index (χ1v) is 6.80. The largest absolute Gasteiger partial charge is 0.459 e. The second kappa shape index (κ2) is 6.59. The Hall–Kier alpha value is 0.0400. The summed E-state index contributed by atoms with van der Waals surface area (Å²) in [6.45, 7) is 2.09. The van der Waals surface area contributed by atoms with Gasteiger partial charge in [0.25, 0.3) is 5.63 Å². The zero-order valence-electron chi connectivity index (χ0n) is 8.75. The number of hydrogen-bond donors (Lipinski definition) is 0. The Balaban J connectivity index is 2.45. The number of carbonyl (C=O) groups is 1. The molecule has 0 aromatic heterocycles. The molecule has 0 radical (unpaired) electrons. The predicted molar refractivity (Wildman–Crippen MR) is 61.0 cm³/mol. The van der Waals surface area contributed by atoms with Crippen molar-refractivity contribution in [1.82, 2.24) is 0 Å². The van der Waals surface area contributed by atoms with Crippen molar-refractivity contribution >= 4 is 29.3 Å². The van der Waals surface area contributed by atoms with Crippen molar-refractivity contribution in [1.29, 1.82) is 0 Å². The highest BCUT2D eigenvalue weighted by Gasteiger charge is 2.29. The third-order valence-corrected chi connectivity index (χ3v) is 3.88. The molecule has 0 aliphatic carbocycles. The van der Waals surface area contributed by atoms with Crippen LogP contribution in [0, 0.1) is 5.92 Å². The van der Waals surface area contributed by atoms with E-state index in [-0.39, 0.29) is 6.10 Å². The number of thioether (sulfide) groups is 1. The molecule has 0 aromatic rings. The van der Waals surface area contributed by atoms with E-state index in [0.29, 0.717) is 5.92 Å². The van der Waals surface area contributed by atoms with Crippen molar-refractivity contribution < 1.29 is 13.9 Å². The fourth-order valence-corrected chi connectivity index (χ4v) is 3.07. The lowest BCUT2D eigenvalue weighted by atomic mass is 9.96. The van der Waals surface area contributed by atoms with E-state index >= 15 is 0 Å². The number of esters is 1. The topological polar surface area (TPSA) is 26.3 Å². The van der Waals surface area contributed by atoms with Gasteiger partial charge in [-0.25, -0.2) is 9.18 Å². The summed E-state index contributed by atoms with van der Waals surface area (Å²) in [5.41, 5.74) is -2.03. The van der Waals surface area contributed by atoms with Gasteiger partial charge in [0.05, 0.1) is 0 Å². The molecule has 0 N–H and O–H groups in total. The van der Waals surface area contributed by atoms with Crippen molar-refractivity contribution in [3.8, 4) is 0 Å². The first kappa shape index (κ1) is 13.1. The highest BCUT2D eigenvalue weighted by molar-refractivity contribution is 7.99. The van der Waals surface area contributed by atoms with Crippen LogP contribution in [0.3, 0.4) is 0 Å². The molecule has 88 valence electrons. The lowest BCUT2D eigenvalue weighted by Gasteiger charge is -2.30. The number of ether oxygens (including phenoxy) is 1. The van der Waals surface area contributed by atoms with Crippen molar-refractivity contribution in [2.75, 3.05) is 11.5 Å². The lowest BCUT2D eigenvalue weighted by molar-refractivity contribution is -0.154. The molecule has 1 rings (SSSR count). The molecule has 0 aromatic carbocycles. The number of alkyl halides is 2. The summed E-state index contributed by atoms with van der Waals surface area (Å²) < 4.78 is 17.5. The molecule has 5 heteroatoms. The van der Waals surface area contributed by atoms with E-state index in [1.54, 1.807) is 0 Å². The van der Waals surface area contributed by atoms with Gasteiger partial charge in [0.15, 0.2) is 0 Å². The zero-order chi connectivity index (χ0) is 11.3. The van der Waals surface area contributed by atoms with E-state index in [1.165, 1.54) is 0 Å². The first-order chi connectivity index (χ1) is 7.15. The molecular formula is C10H16ClFO2S. The van der Waals surface area contributed by atoms with E-state index < -0.39 is 11.6 Å². The fraction of sp³-hybridized carbons (Fsp3) is 0.900. The van der Waals surface area contributed by atoms with Gasteiger partial charge in [-0.2, -0.15) is 11.8 Å². The maximum Gasteiger partial charge on any atom is 0.356 e. The normalized spacial score (nSPS) is 28.5. The standard InChI is InChI=1S/C10H16ClFO2S/c1-2-3-7-6-15-5-4-8(7)14-10(13)9(11)12/h7-9H,2-6H2,1H3/t7-,8+,9+/m0/s1. The molecule has 1 aliphatic heterocycles. The summed E-state index contributed by atoms with van der Waals surface area (Å²) in [7, 11) is 0. The van der Waals surface area contributed by atoms with E-state index in [9.17, 15) is 9.18 Å². The van der Waals surface area contributed by atoms with E-state index in [2.05, 4.69) is 6.92 Å². The van der Waals surface area contributed by atoms with Gasteiger partial charge in [-0.05, 0) is 24.3 Å². The summed E-state index contributed by atoms with van der Waals surface area (Å²) in [6, 6.07) is 0. The Bertz CT molecular complexity index is 212. The molecule has 1 heterocycles. The van der Waals surface area contributed by atoms with E-state index in [0.717, 1.165) is 30.8 Å². The monoisotopic (exact) mass is 254 g/mol. The van der Waals surface area contributed by atoms with Crippen LogP contribution in [0.4, 0.5) is 4.39 Å². The molecule has 1 aliphatic rings. The van der Waals surface area contributed by atoms with Gasteiger partial charge < -0.3 is 4.74 Å². The summed E-state index contributed by atoms with van der Waals surface area (Å²) in [5, 5.41) is 0. The van der Waals surface area contributed by atoms with Gasteiger partial charge in [-0.3, -0.25) is 0 Å². The minimum Gasteiger partial charge on any atom is -0.459 e. The molecule has 15 heavy (non-hydrogen) atoms. The van der Waals surface area contributed by atoms with Crippen LogP contribution >= 0.6 is 23.4 Å². The molecule has 0 bridgehead atoms. The van der Waals surface area contributed by atoms with Crippen LogP contribution in [0.1, 0.15) is 26.2 Å². The number of halogens is 2. The van der Waals surface area contributed by atoms with Crippen LogP contribution in [-0.4, -0.2) is 29.2 Å². The van der Waals surface area contributed by atoms with Gasteiger partial charge >= 0.3 is 5.97 Å². The van der Waals surface area contributed by atoms with Gasteiger partial charge in [0.1, 0.15) is 6.10 Å². The first-order valence-electron chi connectivity index (χ1n) is 5.21. The van der Waals surface area contributed by atoms with Crippen LogP contribution in [-0.2, 0) is 9.53 Å². The summed E-state index contributed by atoms with van der Waals surface area (Å²) in [4.78, 5) is 11.0. The highest BCUT2D eigenvalue weighted by atomic mass is 35.5. The fourth-order valence-electron chi connectivity index (χ4n) is 1.77. The minimum atomic E-state index is -2.03. The smallest absolute Gasteiger partial charge is 0.356 e. The molecule has 1 fully saturated rings. The van der Waals surface area contributed by atoms with Crippen LogP contribution in [0.15, 0.2) is 0 Å². The maximum absolute atomic E-state index is 12.4. The van der Waals surface area contributed by atoms with Gasteiger partial charge in [-0.1, -0.05) is 24.9 Å². The Kier molecular flexibility index (Phi) is 5.75. The predicted octanol–water partition coefficient (Wildman–Crippen LogP) is 2.99. The summed E-state index contributed by atoms with van der Waals surface area (Å²) in [6.07, 6.45) is 2.74. The zero-order valence-corrected chi connectivity index (χ0v) is 10.3. The van der Waals surface area contributed by atoms with Crippen molar-refractivity contribution in [2.24, 2.45) is 5.92 Å². The van der Waals surface area contributed by atoms with Crippen molar-refractivity contribution in [3.63, 3.8) is 0 Å². The SMILES string of the molecule is CCC[C@H]1CSCC[C@H]1OC(=O)[C@@H](F)Cl. The molecular weight excluding hydrogens is 239 g/mol. The third-order valence-electron chi connectivity index (χ3n) is 2.51. The number of rotatable bonds is 4. The Morgan fingerprint density at radius 1 is 1.73 bits per heavy atom. The Morgan fingerprint density at radius 3 is 3.07 bits per heavy atom. The molecule has 2 nitrogen and oxygen atoms in total. The van der Waals surface area contributed by atoms with Crippen LogP contribution in [0.2, 0.25) is 0 Å². The Labute approximate surface area is 98.9 Å². The van der Waals surface area contributed by atoms with E-state index in [1.807, 2.05) is 11.8 Å². The number of hydrogen-bond acceptors (Lipinski definition) is 3. The summed E-state index contributed by atoms with van der Waals surface area (Å²) >= 11 is 6.89. The second-order valence-corrected chi connectivity index (χ2v) is 5.22. The quantitative estimate of drug-likeness (QED) is 0.570. The molecule has 0 spiro atoms. The Morgan fingerprint density at radius 2 is 2.47 bits per heavy atom. The van der Waals surface area contributed by atoms with Gasteiger partial charge in [0.2, 0.25) is 0 Å². The van der Waals surface area contributed by atoms with Crippen LogP contribution in [0.5, 0.6) is 0 Å². The highest BCUT2D eigenvalue weighted by Crippen LogP contribution is 2.29. The van der Waals surface area contributed by atoms with Crippen LogP contribution < -0.4 is 0 Å². The average Bonchev–Trinajstić information content (AvgIpc) is 2.21. The van der Waals surface area contributed by atoms with Crippen molar-refractivity contribution in [2.45, 2.75) is 37.9 Å². The minimum absolute atomic E-state index is 0.143. The van der Waals surface area contributed by atoms with Crippen LogP contribution in [0.25, 0.3) is 0 Å². The summed E-state index contributed by atoms with van der Waals surface area (Å²) in [5.74, 6) is 1.38. The maximum atomic E-state index is 12.4. The van der Waals surface area contributed by atoms with Gasteiger partial charge in [0, 0.05) is 5.92 Å². The van der Waals surface area contributed by atoms with Crippen molar-refractivity contribution in [3.05, 3.63) is 0 Å². The molecule has 0 unspecified atom stereocenters. The molecule has 3 atom stereocenters. The molecule has 0 amide bonds. The average molecular weight is 255 g/mol. The lowest BCUT2D eigenvalue weighted by Crippen LogP contribution is -2.34. The second-order valence-electron chi connectivity index (χ2n) is 3.69. The molecule has 1 saturated heterocycles. The van der Waals surface area contributed by atoms with E-state index in [4.69, 9.17) is 16.3 Å². The number of carbonyl (C=O) groups excluding carboxylic acids is 1. The molecule has 0 saturated carbocycles.